The predicted molar refractivity (Wildman–Crippen MR) is 52.2 cm³/mol. The van der Waals surface area contributed by atoms with Crippen molar-refractivity contribution >= 4 is 8.07 Å². The van der Waals surface area contributed by atoms with Crippen LogP contribution in [-0.4, -0.2) is 19.8 Å². The molecule has 0 heterocycles. The Kier molecular flexibility index (Phi) is 4.17. The zero-order valence-corrected chi connectivity index (χ0v) is 8.57. The molecule has 0 rings (SSSR count). The van der Waals surface area contributed by atoms with Crippen LogP contribution in [0.1, 0.15) is 0 Å². The monoisotopic (exact) mass is 168 g/mol. The second kappa shape index (κ2) is 4.37. The van der Waals surface area contributed by atoms with E-state index in [9.17, 15) is 0 Å². The Labute approximate surface area is 70.1 Å². The Hall–Kier alpha value is -0.523. The molecule has 0 radical (unpaired) electrons. The van der Waals surface area contributed by atoms with Crippen molar-refractivity contribution < 1.29 is 5.11 Å². The van der Waals surface area contributed by atoms with E-state index in [4.69, 9.17) is 5.11 Å². The van der Waals surface area contributed by atoms with Crippen molar-refractivity contribution in [1.29, 1.82) is 0 Å². The standard InChI is InChI=1S/C9H16OSi/c1-9(6-5-7-10)8-11(2,3)4/h10H,1,7-8H2,2-4H3. The van der Waals surface area contributed by atoms with Gasteiger partial charge < -0.3 is 5.11 Å². The van der Waals surface area contributed by atoms with Gasteiger partial charge in [0.15, 0.2) is 0 Å². The fourth-order valence-electron chi connectivity index (χ4n) is 0.849. The van der Waals surface area contributed by atoms with Crippen molar-refractivity contribution in [2.75, 3.05) is 6.61 Å². The maximum atomic E-state index is 8.41. The van der Waals surface area contributed by atoms with Crippen molar-refractivity contribution in [1.82, 2.24) is 0 Å². The van der Waals surface area contributed by atoms with Crippen LogP contribution in [0.2, 0.25) is 25.7 Å². The van der Waals surface area contributed by atoms with E-state index in [1.807, 2.05) is 0 Å². The van der Waals surface area contributed by atoms with Crippen LogP contribution < -0.4 is 0 Å². The lowest BCUT2D eigenvalue weighted by molar-refractivity contribution is 0.350. The molecule has 0 aromatic rings. The predicted octanol–water partition coefficient (Wildman–Crippen LogP) is 1.88. The maximum Gasteiger partial charge on any atom is 0.104 e. The first-order chi connectivity index (χ1) is 4.95. The second-order valence-electron chi connectivity index (χ2n) is 3.80. The van der Waals surface area contributed by atoms with Gasteiger partial charge in [0.1, 0.15) is 6.61 Å². The van der Waals surface area contributed by atoms with Gasteiger partial charge in [0, 0.05) is 8.07 Å². The Morgan fingerprint density at radius 3 is 2.36 bits per heavy atom. The minimum Gasteiger partial charge on any atom is -0.384 e. The number of aliphatic hydroxyl groups excluding tert-OH is 1. The molecule has 1 nitrogen and oxygen atoms in total. The molecule has 0 unspecified atom stereocenters. The molecule has 0 amide bonds. The summed E-state index contributed by atoms with van der Waals surface area (Å²) in [7, 11) is -1.05. The highest BCUT2D eigenvalue weighted by Crippen LogP contribution is 2.13. The van der Waals surface area contributed by atoms with Gasteiger partial charge in [0.25, 0.3) is 0 Å². The Balaban J connectivity index is 3.89. The van der Waals surface area contributed by atoms with Gasteiger partial charge in [0.2, 0.25) is 0 Å². The van der Waals surface area contributed by atoms with E-state index >= 15 is 0 Å². The third-order valence-corrected chi connectivity index (χ3v) is 2.58. The first-order valence-electron chi connectivity index (χ1n) is 3.73. The van der Waals surface area contributed by atoms with Gasteiger partial charge in [-0.15, -0.1) is 0 Å². The first kappa shape index (κ1) is 10.5. The van der Waals surface area contributed by atoms with Gasteiger partial charge in [-0.2, -0.15) is 0 Å². The van der Waals surface area contributed by atoms with Crippen molar-refractivity contribution in [3.63, 3.8) is 0 Å². The molecule has 0 atom stereocenters. The van der Waals surface area contributed by atoms with E-state index in [1.165, 1.54) is 0 Å². The molecule has 0 bridgehead atoms. The quantitative estimate of drug-likeness (QED) is 0.493. The van der Waals surface area contributed by atoms with Crippen LogP contribution in [-0.2, 0) is 0 Å². The van der Waals surface area contributed by atoms with Gasteiger partial charge in [0.05, 0.1) is 0 Å². The van der Waals surface area contributed by atoms with Crippen LogP contribution in [0.5, 0.6) is 0 Å². The average Bonchev–Trinajstić information content (AvgIpc) is 1.79. The summed E-state index contributed by atoms with van der Waals surface area (Å²) in [5, 5.41) is 8.41. The lowest BCUT2D eigenvalue weighted by Gasteiger charge is -2.13. The topological polar surface area (TPSA) is 20.2 Å². The van der Waals surface area contributed by atoms with E-state index in [-0.39, 0.29) is 6.61 Å². The summed E-state index contributed by atoms with van der Waals surface area (Å²) in [5.41, 5.74) is 0.957. The normalized spacial score (nSPS) is 10.2. The van der Waals surface area contributed by atoms with Crippen molar-refractivity contribution in [2.24, 2.45) is 0 Å². The van der Waals surface area contributed by atoms with E-state index in [2.05, 4.69) is 38.1 Å². The molecule has 0 aliphatic rings. The fourth-order valence-corrected chi connectivity index (χ4v) is 2.22. The minimum atomic E-state index is -1.05. The molecule has 0 saturated carbocycles. The zero-order valence-electron chi connectivity index (χ0n) is 7.57. The average molecular weight is 168 g/mol. The summed E-state index contributed by atoms with van der Waals surface area (Å²) < 4.78 is 0. The molecule has 0 aromatic carbocycles. The van der Waals surface area contributed by atoms with E-state index < -0.39 is 8.07 Å². The highest BCUT2D eigenvalue weighted by atomic mass is 28.3. The molecule has 0 aromatic heterocycles. The molecule has 0 fully saturated rings. The number of rotatable bonds is 2. The molecule has 0 saturated heterocycles. The summed E-state index contributed by atoms with van der Waals surface area (Å²) in [5.74, 6) is 5.43. The third kappa shape index (κ3) is 7.37. The van der Waals surface area contributed by atoms with Gasteiger partial charge in [-0.25, -0.2) is 0 Å². The summed E-state index contributed by atoms with van der Waals surface area (Å²) in [6, 6.07) is 1.03. The summed E-state index contributed by atoms with van der Waals surface area (Å²) in [6.45, 7) is 10.6. The Morgan fingerprint density at radius 2 is 2.00 bits per heavy atom. The van der Waals surface area contributed by atoms with Crippen LogP contribution >= 0.6 is 0 Å². The molecule has 0 aliphatic heterocycles. The Morgan fingerprint density at radius 1 is 1.45 bits per heavy atom. The second-order valence-corrected chi connectivity index (χ2v) is 9.28. The van der Waals surface area contributed by atoms with E-state index in [1.54, 1.807) is 0 Å². The largest absolute Gasteiger partial charge is 0.384 e. The molecule has 11 heavy (non-hydrogen) atoms. The van der Waals surface area contributed by atoms with E-state index in [0.29, 0.717) is 0 Å². The van der Waals surface area contributed by atoms with Crippen LogP contribution in [0, 0.1) is 11.8 Å². The number of hydrogen-bond donors (Lipinski definition) is 1. The summed E-state index contributed by atoms with van der Waals surface area (Å²) in [6.07, 6.45) is 0. The number of hydrogen-bond acceptors (Lipinski definition) is 1. The molecule has 0 spiro atoms. The lowest BCUT2D eigenvalue weighted by Crippen LogP contribution is -2.19. The lowest BCUT2D eigenvalue weighted by atomic mass is 10.3. The SMILES string of the molecule is C=C(C#CCO)C[Si](C)(C)C. The third-order valence-electron chi connectivity index (χ3n) is 1.09. The van der Waals surface area contributed by atoms with Crippen molar-refractivity contribution in [3.05, 3.63) is 12.2 Å². The number of allylic oxidation sites excluding steroid dienone is 1. The van der Waals surface area contributed by atoms with Gasteiger partial charge in [-0.1, -0.05) is 38.1 Å². The van der Waals surface area contributed by atoms with Crippen LogP contribution in [0.15, 0.2) is 12.2 Å². The number of aliphatic hydroxyl groups is 1. The highest BCUT2D eigenvalue weighted by molar-refractivity contribution is 6.76. The molecular formula is C9H16OSi. The first-order valence-corrected chi connectivity index (χ1v) is 7.44. The molecule has 2 heteroatoms. The summed E-state index contributed by atoms with van der Waals surface area (Å²) in [4.78, 5) is 0. The van der Waals surface area contributed by atoms with Crippen molar-refractivity contribution in [2.45, 2.75) is 25.7 Å². The maximum absolute atomic E-state index is 8.41. The van der Waals surface area contributed by atoms with E-state index in [0.717, 1.165) is 11.6 Å². The van der Waals surface area contributed by atoms with Gasteiger partial charge in [-0.3, -0.25) is 0 Å². The molecule has 0 aliphatic carbocycles. The smallest absolute Gasteiger partial charge is 0.104 e. The van der Waals surface area contributed by atoms with Crippen molar-refractivity contribution in [3.8, 4) is 11.8 Å². The Bertz CT molecular complexity index is 190. The fraction of sp³-hybridized carbons (Fsp3) is 0.556. The van der Waals surface area contributed by atoms with Gasteiger partial charge >= 0.3 is 0 Å². The summed E-state index contributed by atoms with van der Waals surface area (Å²) >= 11 is 0. The van der Waals surface area contributed by atoms with Crippen LogP contribution in [0.3, 0.4) is 0 Å². The molecular weight excluding hydrogens is 152 g/mol. The van der Waals surface area contributed by atoms with Gasteiger partial charge in [-0.05, 0) is 11.6 Å². The molecule has 62 valence electrons. The zero-order chi connectivity index (χ0) is 8.91. The van der Waals surface area contributed by atoms with Crippen LogP contribution in [0.25, 0.3) is 0 Å². The minimum absolute atomic E-state index is 0.0648. The highest BCUT2D eigenvalue weighted by Gasteiger charge is 2.12. The van der Waals surface area contributed by atoms with Crippen LogP contribution in [0.4, 0.5) is 0 Å². The molecule has 1 N–H and O–H groups in total.